The maximum atomic E-state index is 12.7. The van der Waals surface area contributed by atoms with E-state index in [0.29, 0.717) is 16.7 Å². The van der Waals surface area contributed by atoms with Gasteiger partial charge >= 0.3 is 0 Å². The Morgan fingerprint density at radius 3 is 2.30 bits per heavy atom. The Labute approximate surface area is 146 Å². The Bertz CT molecular complexity index is 776. The molecule has 4 nitrogen and oxygen atoms in total. The highest BCUT2D eigenvalue weighted by Gasteiger charge is 2.23. The smallest absolute Gasteiger partial charge is 0.244 e. The van der Waals surface area contributed by atoms with Gasteiger partial charge in [0.15, 0.2) is 0 Å². The molecule has 2 aromatic rings. The molecule has 2 rings (SSSR count). The van der Waals surface area contributed by atoms with Crippen molar-refractivity contribution in [2.45, 2.75) is 24.8 Å². The topological polar surface area (TPSA) is 55.4 Å². The molecule has 1 N–H and O–H groups in total. The van der Waals surface area contributed by atoms with E-state index in [4.69, 9.17) is 27.9 Å². The average Bonchev–Trinajstić information content (AvgIpc) is 2.49. The third-order valence-corrected chi connectivity index (χ3v) is 5.25. The zero-order valence-corrected chi connectivity index (χ0v) is 15.0. The van der Waals surface area contributed by atoms with Crippen molar-refractivity contribution in [1.29, 1.82) is 0 Å². The van der Waals surface area contributed by atoms with Crippen LogP contribution in [0.2, 0.25) is 10.0 Å². The minimum absolute atomic E-state index is 0.0210. The molecule has 0 aliphatic carbocycles. The number of sulfonamides is 1. The van der Waals surface area contributed by atoms with Gasteiger partial charge in [-0.1, -0.05) is 35.3 Å². The van der Waals surface area contributed by atoms with E-state index in [0.717, 1.165) is 5.56 Å². The van der Waals surface area contributed by atoms with Crippen LogP contribution >= 0.6 is 23.2 Å². The van der Waals surface area contributed by atoms with Gasteiger partial charge in [0.2, 0.25) is 10.0 Å². The molecule has 0 aliphatic heterocycles. The molecular formula is C16H17Cl2NO3S. The van der Waals surface area contributed by atoms with Crippen LogP contribution in [-0.2, 0) is 10.0 Å². The number of hydrogen-bond donors (Lipinski definition) is 1. The maximum Gasteiger partial charge on any atom is 0.244 e. The van der Waals surface area contributed by atoms with E-state index in [2.05, 4.69) is 4.72 Å². The minimum Gasteiger partial charge on any atom is -0.492 e. The van der Waals surface area contributed by atoms with Gasteiger partial charge in [-0.3, -0.25) is 0 Å². The first-order valence-electron chi connectivity index (χ1n) is 7.03. The van der Waals surface area contributed by atoms with Crippen molar-refractivity contribution in [1.82, 2.24) is 4.72 Å². The SMILES string of the molecule is CCOc1ccc(Cl)cc1S(=O)(=O)NC(C)c1ccc(Cl)cc1. The Balaban J connectivity index is 2.31. The van der Waals surface area contributed by atoms with E-state index in [1.165, 1.54) is 6.07 Å². The molecule has 124 valence electrons. The number of halogens is 2. The summed E-state index contributed by atoms with van der Waals surface area (Å²) in [5, 5.41) is 0.922. The van der Waals surface area contributed by atoms with Crippen LogP contribution in [-0.4, -0.2) is 15.0 Å². The zero-order chi connectivity index (χ0) is 17.0. The monoisotopic (exact) mass is 373 g/mol. The molecule has 0 bridgehead atoms. The van der Waals surface area contributed by atoms with Crippen LogP contribution in [0.3, 0.4) is 0 Å². The predicted octanol–water partition coefficient (Wildman–Crippen LogP) is 4.43. The summed E-state index contributed by atoms with van der Waals surface area (Å²) in [6, 6.07) is 11.1. The molecule has 0 heterocycles. The lowest BCUT2D eigenvalue weighted by molar-refractivity contribution is 0.331. The molecule has 0 aliphatic rings. The van der Waals surface area contributed by atoms with E-state index in [9.17, 15) is 8.42 Å². The van der Waals surface area contributed by atoms with Crippen molar-refractivity contribution in [3.05, 3.63) is 58.1 Å². The standard InChI is InChI=1S/C16H17Cl2NO3S/c1-3-22-15-9-8-14(18)10-16(15)23(20,21)19-11(2)12-4-6-13(17)7-5-12/h4-11,19H,3H2,1-2H3. The van der Waals surface area contributed by atoms with Gasteiger partial charge in [0.1, 0.15) is 10.6 Å². The van der Waals surface area contributed by atoms with Crippen molar-refractivity contribution >= 4 is 33.2 Å². The van der Waals surface area contributed by atoms with Gasteiger partial charge in [0.25, 0.3) is 0 Å². The molecule has 0 amide bonds. The highest BCUT2D eigenvalue weighted by molar-refractivity contribution is 7.89. The first-order valence-corrected chi connectivity index (χ1v) is 9.27. The molecule has 0 saturated heterocycles. The van der Waals surface area contributed by atoms with Gasteiger partial charge in [0.05, 0.1) is 6.61 Å². The Kier molecular flexibility index (Phi) is 5.92. The van der Waals surface area contributed by atoms with Crippen molar-refractivity contribution in [2.75, 3.05) is 6.61 Å². The lowest BCUT2D eigenvalue weighted by Gasteiger charge is -2.17. The summed E-state index contributed by atoms with van der Waals surface area (Å²) in [7, 11) is -3.79. The van der Waals surface area contributed by atoms with E-state index in [1.54, 1.807) is 50.2 Å². The largest absolute Gasteiger partial charge is 0.492 e. The van der Waals surface area contributed by atoms with Crippen LogP contribution in [0.15, 0.2) is 47.4 Å². The average molecular weight is 374 g/mol. The molecule has 0 spiro atoms. The van der Waals surface area contributed by atoms with Crippen LogP contribution in [0.1, 0.15) is 25.5 Å². The molecule has 23 heavy (non-hydrogen) atoms. The summed E-state index contributed by atoms with van der Waals surface area (Å²) in [4.78, 5) is 0.0210. The highest BCUT2D eigenvalue weighted by Crippen LogP contribution is 2.28. The van der Waals surface area contributed by atoms with Gasteiger partial charge in [-0.15, -0.1) is 0 Å². The maximum absolute atomic E-state index is 12.7. The summed E-state index contributed by atoms with van der Waals surface area (Å²) in [5.41, 5.74) is 0.804. The Hall–Kier alpha value is -1.27. The molecule has 0 aromatic heterocycles. The number of nitrogens with one attached hydrogen (secondary N) is 1. The molecule has 2 aromatic carbocycles. The predicted molar refractivity (Wildman–Crippen MR) is 92.8 cm³/mol. The fourth-order valence-corrected chi connectivity index (χ4v) is 3.85. The molecule has 0 radical (unpaired) electrons. The second kappa shape index (κ2) is 7.53. The molecule has 0 fully saturated rings. The number of benzene rings is 2. The van der Waals surface area contributed by atoms with Crippen molar-refractivity contribution in [3.63, 3.8) is 0 Å². The van der Waals surface area contributed by atoms with Crippen molar-refractivity contribution in [3.8, 4) is 5.75 Å². The van der Waals surface area contributed by atoms with E-state index in [1.807, 2.05) is 0 Å². The van der Waals surface area contributed by atoms with Gasteiger partial charge in [-0.25, -0.2) is 13.1 Å². The molecule has 1 atom stereocenters. The summed E-state index contributed by atoms with van der Waals surface area (Å²) in [6.45, 7) is 3.90. The first kappa shape index (κ1) is 18.1. The molecule has 0 saturated carbocycles. The highest BCUT2D eigenvalue weighted by atomic mass is 35.5. The second-order valence-electron chi connectivity index (χ2n) is 4.92. The second-order valence-corrected chi connectivity index (χ2v) is 7.47. The summed E-state index contributed by atoms with van der Waals surface area (Å²) in [5.74, 6) is 0.271. The normalized spacial score (nSPS) is 12.9. The van der Waals surface area contributed by atoms with E-state index in [-0.39, 0.29) is 10.6 Å². The van der Waals surface area contributed by atoms with Gasteiger partial charge < -0.3 is 4.74 Å². The summed E-state index contributed by atoms with van der Waals surface area (Å²) < 4.78 is 33.3. The lowest BCUT2D eigenvalue weighted by atomic mass is 10.1. The van der Waals surface area contributed by atoms with Crippen LogP contribution in [0.4, 0.5) is 0 Å². The lowest BCUT2D eigenvalue weighted by Crippen LogP contribution is -2.27. The molecular weight excluding hydrogens is 357 g/mol. The van der Waals surface area contributed by atoms with Gasteiger partial charge in [0, 0.05) is 16.1 Å². The van der Waals surface area contributed by atoms with Crippen LogP contribution < -0.4 is 9.46 Å². The number of rotatable bonds is 6. The fraction of sp³-hybridized carbons (Fsp3) is 0.250. The Morgan fingerprint density at radius 2 is 1.70 bits per heavy atom. The third kappa shape index (κ3) is 4.61. The van der Waals surface area contributed by atoms with Crippen LogP contribution in [0.25, 0.3) is 0 Å². The van der Waals surface area contributed by atoms with Crippen molar-refractivity contribution < 1.29 is 13.2 Å². The first-order chi connectivity index (χ1) is 10.8. The van der Waals surface area contributed by atoms with Crippen LogP contribution in [0, 0.1) is 0 Å². The molecule has 1 unspecified atom stereocenters. The quantitative estimate of drug-likeness (QED) is 0.814. The zero-order valence-electron chi connectivity index (χ0n) is 12.7. The summed E-state index contributed by atoms with van der Waals surface area (Å²) in [6.07, 6.45) is 0. The van der Waals surface area contributed by atoms with Crippen LogP contribution in [0.5, 0.6) is 5.75 Å². The van der Waals surface area contributed by atoms with Crippen molar-refractivity contribution in [2.24, 2.45) is 0 Å². The molecule has 7 heteroatoms. The number of ether oxygens (including phenoxy) is 1. The third-order valence-electron chi connectivity index (χ3n) is 3.20. The van der Waals surface area contributed by atoms with Gasteiger partial charge in [-0.05, 0) is 49.7 Å². The summed E-state index contributed by atoms with van der Waals surface area (Å²) >= 11 is 11.8. The van der Waals surface area contributed by atoms with E-state index >= 15 is 0 Å². The van der Waals surface area contributed by atoms with E-state index < -0.39 is 16.1 Å². The fourth-order valence-electron chi connectivity index (χ4n) is 2.08. The van der Waals surface area contributed by atoms with Gasteiger partial charge in [-0.2, -0.15) is 0 Å². The number of hydrogen-bond acceptors (Lipinski definition) is 3. The minimum atomic E-state index is -3.79. The Morgan fingerprint density at radius 1 is 1.09 bits per heavy atom.